The molecule has 0 spiro atoms. The zero-order chi connectivity index (χ0) is 14.5. The fraction of sp³-hybridized carbons (Fsp3) is 0.429. The van der Waals surface area contributed by atoms with Crippen LogP contribution in [-0.4, -0.2) is 41.1 Å². The van der Waals surface area contributed by atoms with E-state index in [0.29, 0.717) is 38.0 Å². The molecule has 0 radical (unpaired) electrons. The van der Waals surface area contributed by atoms with E-state index in [-0.39, 0.29) is 12.0 Å². The van der Waals surface area contributed by atoms with Gasteiger partial charge in [-0.05, 0) is 30.5 Å². The summed E-state index contributed by atoms with van der Waals surface area (Å²) < 4.78 is 0. The van der Waals surface area contributed by atoms with Crippen molar-refractivity contribution in [3.05, 3.63) is 35.4 Å². The quantitative estimate of drug-likeness (QED) is 0.748. The highest BCUT2D eigenvalue weighted by Crippen LogP contribution is 2.14. The van der Waals surface area contributed by atoms with Gasteiger partial charge in [-0.1, -0.05) is 12.1 Å². The molecular formula is C14H19N3O3. The number of urea groups is 1. The van der Waals surface area contributed by atoms with E-state index in [2.05, 4.69) is 5.32 Å². The molecule has 108 valence electrons. The third-order valence-corrected chi connectivity index (χ3v) is 3.42. The molecule has 1 heterocycles. The van der Waals surface area contributed by atoms with Crippen LogP contribution in [0, 0.1) is 0 Å². The Balaban J connectivity index is 1.95. The Labute approximate surface area is 117 Å². The van der Waals surface area contributed by atoms with Crippen molar-refractivity contribution in [3.8, 4) is 0 Å². The van der Waals surface area contributed by atoms with Crippen molar-refractivity contribution in [3.63, 3.8) is 0 Å². The van der Waals surface area contributed by atoms with E-state index >= 15 is 0 Å². The van der Waals surface area contributed by atoms with Gasteiger partial charge in [0.2, 0.25) is 0 Å². The molecule has 1 aromatic carbocycles. The molecule has 0 aromatic heterocycles. The number of aliphatic hydroxyl groups excluding tert-OH is 1. The Bertz CT molecular complexity index is 479. The topological polar surface area (TPSA) is 95.7 Å². The molecule has 1 aromatic rings. The van der Waals surface area contributed by atoms with E-state index in [0.717, 1.165) is 5.56 Å². The summed E-state index contributed by atoms with van der Waals surface area (Å²) in [5, 5.41) is 11.9. The van der Waals surface area contributed by atoms with Gasteiger partial charge in [0.15, 0.2) is 0 Å². The van der Waals surface area contributed by atoms with Gasteiger partial charge in [-0.3, -0.25) is 4.79 Å². The van der Waals surface area contributed by atoms with Crippen molar-refractivity contribution in [1.29, 1.82) is 0 Å². The average Bonchev–Trinajstić information content (AvgIpc) is 2.46. The number of likely N-dealkylation sites (tertiary alicyclic amines) is 1. The van der Waals surface area contributed by atoms with Crippen molar-refractivity contribution in [2.75, 3.05) is 13.1 Å². The lowest BCUT2D eigenvalue weighted by Gasteiger charge is -2.29. The predicted octanol–water partition coefficient (Wildman–Crippen LogP) is 0.452. The molecule has 6 nitrogen and oxygen atoms in total. The molecule has 0 saturated carbocycles. The van der Waals surface area contributed by atoms with Crippen LogP contribution in [-0.2, 0) is 6.54 Å². The minimum atomic E-state index is -0.572. The monoisotopic (exact) mass is 277 g/mol. The fourth-order valence-electron chi connectivity index (χ4n) is 2.21. The molecule has 1 fully saturated rings. The van der Waals surface area contributed by atoms with Crippen molar-refractivity contribution in [2.45, 2.75) is 25.5 Å². The molecule has 0 bridgehead atoms. The molecule has 1 aliphatic heterocycles. The number of carbonyl (C=O) groups is 2. The van der Waals surface area contributed by atoms with Gasteiger partial charge in [0.05, 0.1) is 6.10 Å². The molecule has 0 aliphatic carbocycles. The van der Waals surface area contributed by atoms with Crippen LogP contribution in [0.1, 0.15) is 28.8 Å². The van der Waals surface area contributed by atoms with Crippen LogP contribution in [0.15, 0.2) is 24.3 Å². The number of carbonyl (C=O) groups excluding carboxylic acids is 2. The third-order valence-electron chi connectivity index (χ3n) is 3.42. The second kappa shape index (κ2) is 6.38. The van der Waals surface area contributed by atoms with Gasteiger partial charge >= 0.3 is 6.03 Å². The van der Waals surface area contributed by atoms with Crippen LogP contribution >= 0.6 is 0 Å². The largest absolute Gasteiger partial charge is 0.393 e. The van der Waals surface area contributed by atoms with E-state index in [9.17, 15) is 14.7 Å². The number of nitrogens with zero attached hydrogens (tertiary/aromatic N) is 1. The Kier molecular flexibility index (Phi) is 4.57. The maximum atomic E-state index is 12.2. The lowest BCUT2D eigenvalue weighted by molar-refractivity contribution is 0.0546. The molecule has 2 rings (SSSR count). The SMILES string of the molecule is NC(=O)NCc1ccc(C(=O)N2CCC(O)CC2)cc1. The van der Waals surface area contributed by atoms with Crippen molar-refractivity contribution < 1.29 is 14.7 Å². The number of amides is 3. The molecule has 6 heteroatoms. The van der Waals surface area contributed by atoms with Gasteiger partial charge in [-0.25, -0.2) is 4.79 Å². The molecule has 0 unspecified atom stereocenters. The van der Waals surface area contributed by atoms with E-state index in [1.54, 1.807) is 29.2 Å². The molecule has 4 N–H and O–H groups in total. The van der Waals surface area contributed by atoms with Crippen molar-refractivity contribution in [2.24, 2.45) is 5.73 Å². The number of aliphatic hydroxyl groups is 1. The number of primary amides is 1. The Morgan fingerprint density at radius 3 is 2.40 bits per heavy atom. The Morgan fingerprint density at radius 2 is 1.85 bits per heavy atom. The van der Waals surface area contributed by atoms with Crippen LogP contribution in [0.25, 0.3) is 0 Å². The minimum absolute atomic E-state index is 0.0219. The van der Waals surface area contributed by atoms with Gasteiger partial charge in [-0.15, -0.1) is 0 Å². The van der Waals surface area contributed by atoms with E-state index < -0.39 is 6.03 Å². The number of hydrogen-bond acceptors (Lipinski definition) is 3. The van der Waals surface area contributed by atoms with Gasteiger partial charge in [0.25, 0.3) is 5.91 Å². The minimum Gasteiger partial charge on any atom is -0.393 e. The van der Waals surface area contributed by atoms with Crippen molar-refractivity contribution in [1.82, 2.24) is 10.2 Å². The number of hydrogen-bond donors (Lipinski definition) is 3. The number of benzene rings is 1. The second-order valence-corrected chi connectivity index (χ2v) is 4.94. The first-order valence-electron chi connectivity index (χ1n) is 6.66. The number of piperidine rings is 1. The highest BCUT2D eigenvalue weighted by atomic mass is 16.3. The molecule has 1 saturated heterocycles. The van der Waals surface area contributed by atoms with Gasteiger partial charge in [0.1, 0.15) is 0 Å². The predicted molar refractivity (Wildman–Crippen MR) is 74.0 cm³/mol. The third kappa shape index (κ3) is 3.71. The van der Waals surface area contributed by atoms with Crippen molar-refractivity contribution >= 4 is 11.9 Å². The lowest BCUT2D eigenvalue weighted by atomic mass is 10.1. The van der Waals surface area contributed by atoms with E-state index in [1.807, 2.05) is 0 Å². The fourth-order valence-corrected chi connectivity index (χ4v) is 2.21. The summed E-state index contributed by atoms with van der Waals surface area (Å²) in [6, 6.07) is 6.50. The molecule has 20 heavy (non-hydrogen) atoms. The smallest absolute Gasteiger partial charge is 0.312 e. The zero-order valence-corrected chi connectivity index (χ0v) is 11.2. The summed E-state index contributed by atoms with van der Waals surface area (Å²) in [6.45, 7) is 1.52. The van der Waals surface area contributed by atoms with E-state index in [1.165, 1.54) is 0 Å². The average molecular weight is 277 g/mol. The van der Waals surface area contributed by atoms with Crippen LogP contribution in [0.3, 0.4) is 0 Å². The van der Waals surface area contributed by atoms with Crippen LogP contribution in [0.2, 0.25) is 0 Å². The molecule has 0 atom stereocenters. The van der Waals surface area contributed by atoms with Gasteiger partial charge in [0, 0.05) is 25.2 Å². The summed E-state index contributed by atoms with van der Waals surface area (Å²) in [5.74, 6) is -0.0219. The highest BCUT2D eigenvalue weighted by molar-refractivity contribution is 5.94. The summed E-state index contributed by atoms with van der Waals surface area (Å²) in [6.07, 6.45) is 0.972. The van der Waals surface area contributed by atoms with Gasteiger partial charge in [-0.2, -0.15) is 0 Å². The number of nitrogens with one attached hydrogen (secondary N) is 1. The molecule has 1 aliphatic rings. The summed E-state index contributed by atoms with van der Waals surface area (Å²) in [4.78, 5) is 24.6. The highest BCUT2D eigenvalue weighted by Gasteiger charge is 2.22. The standard InChI is InChI=1S/C14H19N3O3/c15-14(20)16-9-10-1-3-11(4-2-10)13(19)17-7-5-12(18)6-8-17/h1-4,12,18H,5-9H2,(H3,15,16,20). The van der Waals surface area contributed by atoms with Crippen LogP contribution in [0.4, 0.5) is 4.79 Å². The molecular weight excluding hydrogens is 258 g/mol. The second-order valence-electron chi connectivity index (χ2n) is 4.94. The first kappa shape index (κ1) is 14.3. The summed E-state index contributed by atoms with van der Waals surface area (Å²) in [7, 11) is 0. The summed E-state index contributed by atoms with van der Waals surface area (Å²) >= 11 is 0. The molecule has 3 amide bonds. The Morgan fingerprint density at radius 1 is 1.25 bits per heavy atom. The van der Waals surface area contributed by atoms with E-state index in [4.69, 9.17) is 5.73 Å². The number of nitrogens with two attached hydrogens (primary N) is 1. The van der Waals surface area contributed by atoms with Gasteiger partial charge < -0.3 is 21.1 Å². The normalized spacial score (nSPS) is 15.9. The maximum Gasteiger partial charge on any atom is 0.312 e. The lowest BCUT2D eigenvalue weighted by Crippen LogP contribution is -2.40. The first-order chi connectivity index (χ1) is 9.56. The number of rotatable bonds is 3. The summed E-state index contributed by atoms with van der Waals surface area (Å²) in [5.41, 5.74) is 6.49. The van der Waals surface area contributed by atoms with Crippen LogP contribution in [0.5, 0.6) is 0 Å². The van der Waals surface area contributed by atoms with Crippen LogP contribution < -0.4 is 11.1 Å². The zero-order valence-electron chi connectivity index (χ0n) is 11.2. The maximum absolute atomic E-state index is 12.2. The Hall–Kier alpha value is -2.08. The first-order valence-corrected chi connectivity index (χ1v) is 6.66.